The summed E-state index contributed by atoms with van der Waals surface area (Å²) < 4.78 is 31.9. The first-order valence-electron chi connectivity index (χ1n) is 6.83. The molecule has 0 spiro atoms. The minimum absolute atomic E-state index is 0.539. The van der Waals surface area contributed by atoms with Crippen LogP contribution >= 0.6 is 0 Å². The van der Waals surface area contributed by atoms with Crippen molar-refractivity contribution in [3.8, 4) is 0 Å². The summed E-state index contributed by atoms with van der Waals surface area (Å²) in [6.45, 7) is 0. The zero-order chi connectivity index (χ0) is 13.6. The molecule has 0 aromatic rings. The fourth-order valence-electron chi connectivity index (χ4n) is 3.34. The molecule has 5 nitrogen and oxygen atoms in total. The van der Waals surface area contributed by atoms with Crippen LogP contribution in [0.5, 0.6) is 0 Å². The van der Waals surface area contributed by atoms with E-state index >= 15 is 0 Å². The maximum atomic E-state index is 8.82. The molecule has 2 aliphatic rings. The molecule has 0 heterocycles. The standard InChI is InChI=1S/C12H23N.Cr.2H2O.2O/c13-12-9-5-4-8-11(12)10-6-2-1-3-7-10;;;;;/h10-12H,1-9,13H2;;2*1H2;;/q;+2;;;;/p-2. The zero-order valence-electron chi connectivity index (χ0n) is 10.8. The molecule has 2 fully saturated rings. The van der Waals surface area contributed by atoms with Gasteiger partial charge in [-0.25, -0.2) is 0 Å². The van der Waals surface area contributed by atoms with Crippen molar-refractivity contribution in [1.29, 1.82) is 0 Å². The number of hydrogen-bond acceptors (Lipinski definition) is 3. The Balaban J connectivity index is 0.000000280. The third-order valence-corrected chi connectivity index (χ3v) is 4.13. The van der Waals surface area contributed by atoms with Gasteiger partial charge in [-0.3, -0.25) is 0 Å². The first kappa shape index (κ1) is 16.1. The Kier molecular flexibility index (Phi) is 6.75. The molecule has 6 heteroatoms. The van der Waals surface area contributed by atoms with Gasteiger partial charge in [0.25, 0.3) is 0 Å². The molecule has 0 amide bonds. The van der Waals surface area contributed by atoms with Crippen LogP contribution in [-0.4, -0.2) is 14.4 Å². The van der Waals surface area contributed by atoms with Gasteiger partial charge in [-0.1, -0.05) is 44.9 Å². The summed E-state index contributed by atoms with van der Waals surface area (Å²) in [6, 6.07) is 0.539. The van der Waals surface area contributed by atoms with Crippen molar-refractivity contribution in [3.63, 3.8) is 0 Å². The molecular weight excluding hydrogens is 274 g/mol. The van der Waals surface area contributed by atoms with Crippen LogP contribution in [0.1, 0.15) is 57.8 Å². The van der Waals surface area contributed by atoms with Crippen molar-refractivity contribution in [2.45, 2.75) is 63.8 Å². The summed E-state index contributed by atoms with van der Waals surface area (Å²) >= 11 is -5.25. The molecule has 2 unspecified atom stereocenters. The Bertz CT molecular complexity index is 317. The normalized spacial score (nSPS) is 30.4. The second-order valence-electron chi connectivity index (χ2n) is 5.46. The maximum absolute atomic E-state index is 8.82. The van der Waals surface area contributed by atoms with Gasteiger partial charge < -0.3 is 5.73 Å². The molecule has 4 N–H and O–H groups in total. The predicted molar refractivity (Wildman–Crippen MR) is 62.3 cm³/mol. The Morgan fingerprint density at radius 3 is 1.78 bits per heavy atom. The summed E-state index contributed by atoms with van der Waals surface area (Å²) in [7, 11) is 0. The van der Waals surface area contributed by atoms with E-state index in [1.54, 1.807) is 0 Å². The van der Waals surface area contributed by atoms with Crippen molar-refractivity contribution in [2.75, 3.05) is 0 Å². The fraction of sp³-hybridized carbons (Fsp3) is 1.00. The summed E-state index contributed by atoms with van der Waals surface area (Å²) in [4.78, 5) is 0. The van der Waals surface area contributed by atoms with Gasteiger partial charge in [0, 0.05) is 6.04 Å². The van der Waals surface area contributed by atoms with Crippen LogP contribution in [0.3, 0.4) is 0 Å². The monoisotopic (exact) mass is 299 g/mol. The van der Waals surface area contributed by atoms with Gasteiger partial charge in [0.1, 0.15) is 0 Å². The van der Waals surface area contributed by atoms with Crippen LogP contribution in [0.25, 0.3) is 0 Å². The molecule has 108 valence electrons. The Hall–Kier alpha value is 0.0125. The third-order valence-electron chi connectivity index (χ3n) is 4.13. The van der Waals surface area contributed by atoms with E-state index in [0.29, 0.717) is 6.04 Å². The summed E-state index contributed by atoms with van der Waals surface area (Å²) in [5.74, 6) is 1.87. The van der Waals surface area contributed by atoms with Crippen molar-refractivity contribution in [2.24, 2.45) is 17.6 Å². The molecule has 0 saturated heterocycles. The number of hydrogen-bond donors (Lipinski definition) is 3. The molecule has 0 aromatic heterocycles. The quantitative estimate of drug-likeness (QED) is 0.684. The van der Waals surface area contributed by atoms with E-state index in [9.17, 15) is 0 Å². The summed E-state index contributed by atoms with van der Waals surface area (Å²) in [6.07, 6.45) is 12.9. The molecule has 0 aliphatic heterocycles. The summed E-state index contributed by atoms with van der Waals surface area (Å²) in [5, 5.41) is 0. The molecule has 18 heavy (non-hydrogen) atoms. The summed E-state index contributed by atoms with van der Waals surface area (Å²) in [5.41, 5.74) is 6.21. The van der Waals surface area contributed by atoms with Crippen molar-refractivity contribution < 1.29 is 29.5 Å². The van der Waals surface area contributed by atoms with Gasteiger partial charge in [-0.15, -0.1) is 0 Å². The van der Waals surface area contributed by atoms with Crippen LogP contribution in [0.2, 0.25) is 0 Å². The van der Waals surface area contributed by atoms with Crippen molar-refractivity contribution in [1.82, 2.24) is 0 Å². The fourth-order valence-corrected chi connectivity index (χ4v) is 3.34. The van der Waals surface area contributed by atoms with Gasteiger partial charge in [0.15, 0.2) is 0 Å². The van der Waals surface area contributed by atoms with Gasteiger partial charge >= 0.3 is 29.5 Å². The Morgan fingerprint density at radius 1 is 0.833 bits per heavy atom. The van der Waals surface area contributed by atoms with E-state index in [2.05, 4.69) is 0 Å². The third kappa shape index (κ3) is 6.81. The van der Waals surface area contributed by atoms with E-state index < -0.39 is 13.6 Å². The molecule has 0 aromatic carbocycles. The molecular formula is C12H25CrNO4. The Labute approximate surface area is 111 Å². The van der Waals surface area contributed by atoms with Crippen LogP contribution in [0, 0.1) is 11.8 Å². The molecule has 2 aliphatic carbocycles. The Morgan fingerprint density at radius 2 is 1.28 bits per heavy atom. The molecule has 2 atom stereocenters. The van der Waals surface area contributed by atoms with Crippen LogP contribution < -0.4 is 5.73 Å². The first-order valence-corrected chi connectivity index (χ1v) is 9.01. The molecule has 0 radical (unpaired) electrons. The average molecular weight is 299 g/mol. The van der Waals surface area contributed by atoms with Gasteiger partial charge in [-0.2, -0.15) is 0 Å². The molecule has 2 rings (SSSR count). The predicted octanol–water partition coefficient (Wildman–Crippen LogP) is 1.73. The van der Waals surface area contributed by atoms with Gasteiger partial charge in [-0.05, 0) is 24.7 Å². The van der Waals surface area contributed by atoms with E-state index in [1.165, 1.54) is 57.8 Å². The molecule has 2 saturated carbocycles. The van der Waals surface area contributed by atoms with E-state index in [0.717, 1.165) is 11.8 Å². The first-order chi connectivity index (χ1) is 8.38. The minimum atomic E-state index is -5.25. The van der Waals surface area contributed by atoms with Crippen LogP contribution in [0.4, 0.5) is 0 Å². The van der Waals surface area contributed by atoms with Crippen molar-refractivity contribution >= 4 is 0 Å². The van der Waals surface area contributed by atoms with Gasteiger partial charge in [0.05, 0.1) is 0 Å². The SMILES string of the molecule is NC1CCCCC1C1CCCCC1.[O]=[Cr](=[O])([OH])[OH]. The second-order valence-corrected chi connectivity index (χ2v) is 6.86. The van der Waals surface area contributed by atoms with E-state index in [1.807, 2.05) is 0 Å². The van der Waals surface area contributed by atoms with Crippen molar-refractivity contribution in [3.05, 3.63) is 0 Å². The topological polar surface area (TPSA) is 101 Å². The van der Waals surface area contributed by atoms with Crippen LogP contribution in [0.15, 0.2) is 0 Å². The average Bonchev–Trinajstić information content (AvgIpc) is 2.29. The van der Waals surface area contributed by atoms with E-state index in [-0.39, 0.29) is 0 Å². The van der Waals surface area contributed by atoms with E-state index in [4.69, 9.17) is 21.7 Å². The second kappa shape index (κ2) is 7.57. The number of nitrogens with two attached hydrogens (primary N) is 1. The van der Waals surface area contributed by atoms with Gasteiger partial charge in [0.2, 0.25) is 0 Å². The van der Waals surface area contributed by atoms with Crippen LogP contribution in [-0.2, 0) is 21.2 Å². The molecule has 0 bridgehead atoms. The number of rotatable bonds is 1. The zero-order valence-corrected chi connectivity index (χ0v) is 12.1.